The molecule has 11 atom stereocenters. The lowest BCUT2D eigenvalue weighted by atomic mass is 9.44. The second-order valence-electron chi connectivity index (χ2n) is 17.0. The molecule has 4 aliphatic carbocycles. The number of rotatable bonds is 12. The fraction of sp³-hybridized carbons (Fsp3) is 0.413. The fourth-order valence-corrected chi connectivity index (χ4v) is 12.2. The van der Waals surface area contributed by atoms with E-state index in [0.717, 1.165) is 27.6 Å². The van der Waals surface area contributed by atoms with Crippen molar-refractivity contribution in [1.29, 1.82) is 0 Å². The SMILES string of the molecule is CSC(CC(=O)O)C(=O)Nc1ccc(C(=O)Nc2cccc(Sc3ccc([C@@H]4O[C@@H]5C[C@H]6[C@@H]7C[C@H](F)C8=CC(=O)C=C[C@]8(C)[C@@]7(F)[C@@H](O)C[C@]6(C)[C@]5(C(=O)CO)O4)cc3)c2)cc1. The third-order valence-corrected chi connectivity index (χ3v) is 15.7. The first kappa shape index (κ1) is 43.9. The molecule has 16 heteroatoms. The molecule has 3 aromatic rings. The molecule has 0 aromatic heterocycles. The third kappa shape index (κ3) is 7.12. The van der Waals surface area contributed by atoms with E-state index in [-0.39, 0.29) is 37.2 Å². The minimum absolute atomic E-state index is 0.00528. The molecule has 3 saturated carbocycles. The second kappa shape index (κ2) is 16.4. The molecule has 1 aliphatic heterocycles. The smallest absolute Gasteiger partial charge is 0.305 e. The van der Waals surface area contributed by atoms with E-state index in [1.54, 1.807) is 61.7 Å². The zero-order valence-corrected chi connectivity index (χ0v) is 35.6. The third-order valence-electron chi connectivity index (χ3n) is 13.8. The lowest BCUT2D eigenvalue weighted by molar-refractivity contribution is -0.235. The fourth-order valence-electron chi connectivity index (χ4n) is 10.8. The number of hydrogen-bond donors (Lipinski definition) is 5. The van der Waals surface area contributed by atoms with Crippen LogP contribution < -0.4 is 10.6 Å². The summed E-state index contributed by atoms with van der Waals surface area (Å²) in [6.45, 7) is 2.37. The summed E-state index contributed by atoms with van der Waals surface area (Å²) in [5.41, 5.74) is -5.02. The molecule has 1 unspecified atom stereocenters. The van der Waals surface area contributed by atoms with Gasteiger partial charge in [0.05, 0.1) is 23.9 Å². The number of carbonyl (C=O) groups excluding carboxylic acids is 4. The van der Waals surface area contributed by atoms with Crippen molar-refractivity contribution >= 4 is 64.2 Å². The zero-order chi connectivity index (χ0) is 44.4. The molecular formula is C46H46F2N2O10S2. The standard InChI is InChI=1S/C46H46F2N2O10S2/c1-43-16-15-28(52)18-33(43)34(47)19-32-31-20-38-46(37(54)23-51,44(31,2)22-36(53)45(32,43)48)60-42(59-38)25-9-13-29(14-10-25)62-30-6-4-5-27(17-30)50-40(57)24-7-11-26(12-8-24)49-41(58)35(61-3)21-39(55)56/h4-18,31-32,34-36,38,42,51,53H,19-23H2,1-3H3,(H,49,58)(H,50,57)(H,55,56)/t31-,32-,34-,35?,36-,38+,42+,43-,44-,45-,46+/m0/s1. The molecule has 326 valence electrons. The van der Waals surface area contributed by atoms with Gasteiger partial charge in [-0.1, -0.05) is 43.0 Å². The molecule has 1 saturated heterocycles. The van der Waals surface area contributed by atoms with Gasteiger partial charge in [0.1, 0.15) is 12.8 Å². The van der Waals surface area contributed by atoms with E-state index in [1.807, 2.05) is 24.3 Å². The summed E-state index contributed by atoms with van der Waals surface area (Å²) in [6.07, 6.45) is -0.579. The van der Waals surface area contributed by atoms with Crippen LogP contribution in [-0.4, -0.2) is 92.4 Å². The number of nitrogens with one attached hydrogen (secondary N) is 2. The largest absolute Gasteiger partial charge is 0.481 e. The van der Waals surface area contributed by atoms with Crippen LogP contribution in [0.1, 0.15) is 61.7 Å². The number of alkyl halides is 2. The number of aliphatic carboxylic acids is 1. The van der Waals surface area contributed by atoms with Crippen LogP contribution in [0.3, 0.4) is 0 Å². The van der Waals surface area contributed by atoms with E-state index >= 15 is 8.78 Å². The molecule has 0 spiro atoms. The Bertz CT molecular complexity index is 2380. The average Bonchev–Trinajstić information content (AvgIpc) is 3.75. The van der Waals surface area contributed by atoms with Crippen molar-refractivity contribution in [2.75, 3.05) is 23.5 Å². The highest BCUT2D eigenvalue weighted by molar-refractivity contribution is 8.00. The van der Waals surface area contributed by atoms with Gasteiger partial charge < -0.3 is 35.4 Å². The van der Waals surface area contributed by atoms with Crippen LogP contribution >= 0.6 is 23.5 Å². The summed E-state index contributed by atoms with van der Waals surface area (Å²) in [6, 6.07) is 20.8. The predicted molar refractivity (Wildman–Crippen MR) is 227 cm³/mol. The second-order valence-corrected chi connectivity index (χ2v) is 19.2. The summed E-state index contributed by atoms with van der Waals surface area (Å²) in [5, 5.41) is 35.9. The lowest BCUT2D eigenvalue weighted by Crippen LogP contribution is -2.70. The lowest BCUT2D eigenvalue weighted by Gasteiger charge is -2.63. The Labute approximate surface area is 364 Å². The Morgan fingerprint density at radius 2 is 1.68 bits per heavy atom. The van der Waals surface area contributed by atoms with Gasteiger partial charge >= 0.3 is 5.97 Å². The number of allylic oxidation sites excluding steroid dienone is 4. The Morgan fingerprint density at radius 1 is 0.952 bits per heavy atom. The maximum atomic E-state index is 17.7. The monoisotopic (exact) mass is 888 g/mol. The first-order valence-electron chi connectivity index (χ1n) is 20.3. The van der Waals surface area contributed by atoms with E-state index in [1.165, 1.54) is 30.8 Å². The Morgan fingerprint density at radius 3 is 2.35 bits per heavy atom. The zero-order valence-electron chi connectivity index (χ0n) is 34.0. The molecule has 62 heavy (non-hydrogen) atoms. The van der Waals surface area contributed by atoms with E-state index in [2.05, 4.69) is 10.6 Å². The first-order valence-corrected chi connectivity index (χ1v) is 22.4. The van der Waals surface area contributed by atoms with Crippen molar-refractivity contribution in [3.63, 3.8) is 0 Å². The predicted octanol–water partition coefficient (Wildman–Crippen LogP) is 6.88. The van der Waals surface area contributed by atoms with Crippen molar-refractivity contribution in [3.05, 3.63) is 108 Å². The molecule has 0 bridgehead atoms. The van der Waals surface area contributed by atoms with Crippen LogP contribution in [0.5, 0.6) is 0 Å². The summed E-state index contributed by atoms with van der Waals surface area (Å²) in [4.78, 5) is 64.4. The molecule has 8 rings (SSSR count). The number of Topliss-reactive ketones (excluding diaryl/α,β-unsaturated/α-hetero) is 1. The van der Waals surface area contributed by atoms with Gasteiger partial charge in [0, 0.05) is 49.0 Å². The van der Waals surface area contributed by atoms with Gasteiger partial charge in [-0.15, -0.1) is 0 Å². The average molecular weight is 889 g/mol. The van der Waals surface area contributed by atoms with E-state index in [0.29, 0.717) is 22.5 Å². The molecule has 0 radical (unpaired) electrons. The number of ketones is 2. The molecule has 12 nitrogen and oxygen atoms in total. The van der Waals surface area contributed by atoms with Crippen LogP contribution in [0.15, 0.2) is 106 Å². The summed E-state index contributed by atoms with van der Waals surface area (Å²) in [7, 11) is 0. The minimum atomic E-state index is -2.34. The highest BCUT2D eigenvalue weighted by atomic mass is 32.2. The number of aliphatic hydroxyl groups is 2. The van der Waals surface area contributed by atoms with Crippen LogP contribution in [0.25, 0.3) is 0 Å². The van der Waals surface area contributed by atoms with Crippen molar-refractivity contribution in [2.24, 2.45) is 22.7 Å². The van der Waals surface area contributed by atoms with Gasteiger partial charge in [-0.2, -0.15) is 11.8 Å². The summed E-state index contributed by atoms with van der Waals surface area (Å²) >= 11 is 2.56. The van der Waals surface area contributed by atoms with E-state index in [9.17, 15) is 34.2 Å². The van der Waals surface area contributed by atoms with Crippen molar-refractivity contribution in [3.8, 4) is 0 Å². The summed E-state index contributed by atoms with van der Waals surface area (Å²) < 4.78 is 46.8. The van der Waals surface area contributed by atoms with Crippen molar-refractivity contribution in [1.82, 2.24) is 0 Å². The molecular weight excluding hydrogens is 843 g/mol. The minimum Gasteiger partial charge on any atom is -0.481 e. The van der Waals surface area contributed by atoms with E-state index < -0.39 is 93.9 Å². The van der Waals surface area contributed by atoms with Gasteiger partial charge in [0.25, 0.3) is 5.91 Å². The Kier molecular flexibility index (Phi) is 11.6. The number of carbonyl (C=O) groups is 5. The number of carboxylic acids is 1. The number of halogens is 2. The quantitative estimate of drug-likeness (QED) is 0.127. The Balaban J connectivity index is 0.939. The number of benzene rings is 3. The number of thioether (sulfide) groups is 1. The highest BCUT2D eigenvalue weighted by Crippen LogP contribution is 2.72. The van der Waals surface area contributed by atoms with Crippen LogP contribution in [-0.2, 0) is 28.7 Å². The molecule has 2 amide bonds. The molecule has 3 aromatic carbocycles. The number of carboxylic acid groups (broad SMARTS) is 1. The van der Waals surface area contributed by atoms with E-state index in [4.69, 9.17) is 14.6 Å². The van der Waals surface area contributed by atoms with Crippen molar-refractivity contribution in [2.45, 2.75) is 90.5 Å². The number of ether oxygens (including phenoxy) is 2. The van der Waals surface area contributed by atoms with Gasteiger partial charge in [0.2, 0.25) is 5.91 Å². The normalized spacial score (nSPS) is 33.6. The molecule has 4 fully saturated rings. The molecule has 1 heterocycles. The topological polar surface area (TPSA) is 189 Å². The van der Waals surface area contributed by atoms with Gasteiger partial charge in [-0.05, 0) is 111 Å². The van der Waals surface area contributed by atoms with Crippen LogP contribution in [0, 0.1) is 22.7 Å². The van der Waals surface area contributed by atoms with Gasteiger partial charge in [0.15, 0.2) is 29.1 Å². The number of fused-ring (bicyclic) bond motifs is 7. The van der Waals surface area contributed by atoms with Crippen LogP contribution in [0.2, 0.25) is 0 Å². The number of amides is 2. The maximum Gasteiger partial charge on any atom is 0.305 e. The molecule has 5 N–H and O–H groups in total. The number of hydrogen-bond acceptors (Lipinski definition) is 11. The number of anilines is 2. The number of aliphatic hydroxyl groups excluding tert-OH is 2. The molecule has 5 aliphatic rings. The van der Waals surface area contributed by atoms with Crippen molar-refractivity contribution < 1.29 is 57.5 Å². The highest BCUT2D eigenvalue weighted by Gasteiger charge is 2.80. The Hall–Kier alpha value is -4.71. The van der Waals surface area contributed by atoms with Gasteiger partial charge in [-0.3, -0.25) is 24.0 Å². The van der Waals surface area contributed by atoms with Crippen LogP contribution in [0.4, 0.5) is 20.2 Å². The van der Waals surface area contributed by atoms with Gasteiger partial charge in [-0.25, -0.2) is 8.78 Å². The first-order chi connectivity index (χ1) is 29.5. The maximum absolute atomic E-state index is 17.7. The summed E-state index contributed by atoms with van der Waals surface area (Å²) in [5.74, 6) is -4.71.